The van der Waals surface area contributed by atoms with Gasteiger partial charge in [-0.15, -0.1) is 0 Å². The molecule has 2 unspecified atom stereocenters. The normalized spacial score (nSPS) is 18.1. The van der Waals surface area contributed by atoms with Crippen molar-refractivity contribution < 1.29 is 19.5 Å². The SMILES string of the molecule is CCC(CNC(=O)NC1CCN(c2ccc(C=NN)cc2)C1=O)C(=O)O. The van der Waals surface area contributed by atoms with Crippen LogP contribution < -0.4 is 21.4 Å². The first-order valence-electron chi connectivity index (χ1n) is 8.38. The molecule has 26 heavy (non-hydrogen) atoms. The van der Waals surface area contributed by atoms with Gasteiger partial charge in [-0.25, -0.2) is 4.79 Å². The number of hydrazone groups is 1. The van der Waals surface area contributed by atoms with Gasteiger partial charge in [-0.2, -0.15) is 5.10 Å². The maximum Gasteiger partial charge on any atom is 0.315 e. The number of anilines is 1. The second-order valence-corrected chi connectivity index (χ2v) is 6.00. The van der Waals surface area contributed by atoms with E-state index in [-0.39, 0.29) is 12.5 Å². The van der Waals surface area contributed by atoms with Crippen LogP contribution in [0.5, 0.6) is 0 Å². The van der Waals surface area contributed by atoms with Gasteiger partial charge in [-0.1, -0.05) is 19.1 Å². The summed E-state index contributed by atoms with van der Waals surface area (Å²) in [7, 11) is 0. The number of nitrogens with one attached hydrogen (secondary N) is 2. The molecule has 0 saturated carbocycles. The number of nitrogens with zero attached hydrogens (tertiary/aromatic N) is 2. The number of benzene rings is 1. The minimum atomic E-state index is -0.959. The lowest BCUT2D eigenvalue weighted by molar-refractivity contribution is -0.141. The van der Waals surface area contributed by atoms with Crippen LogP contribution in [0.3, 0.4) is 0 Å². The maximum atomic E-state index is 12.5. The number of urea groups is 1. The van der Waals surface area contributed by atoms with Crippen molar-refractivity contribution in [3.63, 3.8) is 0 Å². The average Bonchev–Trinajstić information content (AvgIpc) is 2.97. The topological polar surface area (TPSA) is 137 Å². The Morgan fingerprint density at radius 2 is 2.12 bits per heavy atom. The molecule has 2 rings (SSSR count). The lowest BCUT2D eigenvalue weighted by atomic mass is 10.1. The molecule has 1 aromatic carbocycles. The molecule has 3 amide bonds. The van der Waals surface area contributed by atoms with Crippen molar-refractivity contribution in [3.8, 4) is 0 Å². The van der Waals surface area contributed by atoms with Crippen LogP contribution in [0.25, 0.3) is 0 Å². The average molecular weight is 361 g/mol. The largest absolute Gasteiger partial charge is 0.481 e. The van der Waals surface area contributed by atoms with Gasteiger partial charge < -0.3 is 26.5 Å². The number of carboxylic acid groups (broad SMARTS) is 1. The van der Waals surface area contributed by atoms with E-state index in [2.05, 4.69) is 15.7 Å². The van der Waals surface area contributed by atoms with E-state index >= 15 is 0 Å². The van der Waals surface area contributed by atoms with Gasteiger partial charge in [-0.3, -0.25) is 9.59 Å². The zero-order valence-electron chi connectivity index (χ0n) is 14.5. The molecule has 1 aromatic rings. The van der Waals surface area contributed by atoms with Crippen LogP contribution in [-0.4, -0.2) is 48.4 Å². The van der Waals surface area contributed by atoms with Gasteiger partial charge in [0.25, 0.3) is 0 Å². The Morgan fingerprint density at radius 3 is 2.69 bits per heavy atom. The first-order chi connectivity index (χ1) is 12.5. The van der Waals surface area contributed by atoms with Gasteiger partial charge in [0.05, 0.1) is 12.1 Å². The highest BCUT2D eigenvalue weighted by Crippen LogP contribution is 2.21. The van der Waals surface area contributed by atoms with Crippen LogP contribution >= 0.6 is 0 Å². The Hall–Kier alpha value is -3.10. The van der Waals surface area contributed by atoms with E-state index in [0.29, 0.717) is 19.4 Å². The van der Waals surface area contributed by atoms with E-state index in [4.69, 9.17) is 10.9 Å². The monoisotopic (exact) mass is 361 g/mol. The molecule has 5 N–H and O–H groups in total. The predicted octanol–water partition coefficient (Wildman–Crippen LogP) is 0.495. The number of carbonyl (C=O) groups excluding carboxylic acids is 2. The molecule has 0 aliphatic carbocycles. The van der Waals surface area contributed by atoms with E-state index in [1.807, 2.05) is 0 Å². The second-order valence-electron chi connectivity index (χ2n) is 6.00. The summed E-state index contributed by atoms with van der Waals surface area (Å²) in [6.07, 6.45) is 2.40. The molecule has 0 bridgehead atoms. The van der Waals surface area contributed by atoms with Gasteiger partial charge in [0.2, 0.25) is 5.91 Å². The quantitative estimate of drug-likeness (QED) is 0.318. The third-order valence-corrected chi connectivity index (χ3v) is 4.29. The molecular formula is C17H23N5O4. The summed E-state index contributed by atoms with van der Waals surface area (Å²) < 4.78 is 0. The van der Waals surface area contributed by atoms with E-state index < -0.39 is 24.0 Å². The molecule has 2 atom stereocenters. The Labute approximate surface area is 151 Å². The number of rotatable bonds is 7. The van der Waals surface area contributed by atoms with Crippen molar-refractivity contribution in [1.82, 2.24) is 10.6 Å². The minimum absolute atomic E-state index is 0.0203. The highest BCUT2D eigenvalue weighted by atomic mass is 16.4. The van der Waals surface area contributed by atoms with Gasteiger partial charge in [0, 0.05) is 18.8 Å². The molecule has 9 nitrogen and oxygen atoms in total. The molecule has 140 valence electrons. The maximum absolute atomic E-state index is 12.5. The van der Waals surface area contributed by atoms with Crippen molar-refractivity contribution in [2.45, 2.75) is 25.8 Å². The molecule has 0 radical (unpaired) electrons. The summed E-state index contributed by atoms with van der Waals surface area (Å²) in [6.45, 7) is 2.24. The Bertz CT molecular complexity index is 689. The van der Waals surface area contributed by atoms with Gasteiger partial charge in [-0.05, 0) is 30.5 Å². The van der Waals surface area contributed by atoms with Crippen LogP contribution in [0.4, 0.5) is 10.5 Å². The first-order valence-corrected chi connectivity index (χ1v) is 8.38. The van der Waals surface area contributed by atoms with Crippen LogP contribution in [-0.2, 0) is 9.59 Å². The fraction of sp³-hybridized carbons (Fsp3) is 0.412. The molecular weight excluding hydrogens is 338 g/mol. The zero-order valence-corrected chi connectivity index (χ0v) is 14.5. The highest BCUT2D eigenvalue weighted by molar-refractivity contribution is 6.01. The molecule has 1 saturated heterocycles. The van der Waals surface area contributed by atoms with E-state index in [0.717, 1.165) is 11.3 Å². The fourth-order valence-corrected chi connectivity index (χ4v) is 2.73. The third kappa shape index (κ3) is 4.71. The second kappa shape index (κ2) is 8.84. The van der Waals surface area contributed by atoms with Gasteiger partial charge in [0.1, 0.15) is 6.04 Å². The summed E-state index contributed by atoms with van der Waals surface area (Å²) in [5, 5.41) is 17.5. The van der Waals surface area contributed by atoms with Crippen LogP contribution in [0.15, 0.2) is 29.4 Å². The number of aliphatic carboxylic acids is 1. The summed E-state index contributed by atoms with van der Waals surface area (Å²) in [5.41, 5.74) is 1.55. The summed E-state index contributed by atoms with van der Waals surface area (Å²) in [4.78, 5) is 37.0. The van der Waals surface area contributed by atoms with E-state index in [1.54, 1.807) is 36.1 Å². The third-order valence-electron chi connectivity index (χ3n) is 4.29. The summed E-state index contributed by atoms with van der Waals surface area (Å²) >= 11 is 0. The fourth-order valence-electron chi connectivity index (χ4n) is 2.73. The number of amides is 3. The van der Waals surface area contributed by atoms with Crippen molar-refractivity contribution in [2.75, 3.05) is 18.0 Å². The molecule has 0 aromatic heterocycles. The Balaban J connectivity index is 1.90. The number of carboxylic acids is 1. The molecule has 1 fully saturated rings. The number of hydrogen-bond acceptors (Lipinski definition) is 5. The molecule has 0 spiro atoms. The minimum Gasteiger partial charge on any atom is -0.481 e. The molecule has 1 heterocycles. The first kappa shape index (κ1) is 19.2. The van der Waals surface area contributed by atoms with Crippen molar-refractivity contribution >= 4 is 29.8 Å². The number of carbonyl (C=O) groups is 3. The smallest absolute Gasteiger partial charge is 0.315 e. The lowest BCUT2D eigenvalue weighted by Crippen LogP contribution is -2.47. The molecule has 1 aliphatic rings. The van der Waals surface area contributed by atoms with Crippen molar-refractivity contribution in [2.24, 2.45) is 16.9 Å². The van der Waals surface area contributed by atoms with Gasteiger partial charge >= 0.3 is 12.0 Å². The number of nitrogens with two attached hydrogens (primary N) is 1. The Morgan fingerprint density at radius 1 is 1.42 bits per heavy atom. The highest BCUT2D eigenvalue weighted by Gasteiger charge is 2.33. The molecule has 1 aliphatic heterocycles. The standard InChI is InChI=1S/C17H23N5O4/c1-2-12(16(24)25)10-19-17(26)21-14-7-8-22(15(14)23)13-5-3-11(4-6-13)9-20-18/h3-6,9,12,14H,2,7-8,10,18H2,1H3,(H,24,25)(H2,19,21,26). The Kier molecular flexibility index (Phi) is 6.54. The predicted molar refractivity (Wildman–Crippen MR) is 96.9 cm³/mol. The summed E-state index contributed by atoms with van der Waals surface area (Å²) in [5.74, 6) is 3.29. The van der Waals surface area contributed by atoms with Crippen molar-refractivity contribution in [3.05, 3.63) is 29.8 Å². The van der Waals surface area contributed by atoms with E-state index in [9.17, 15) is 14.4 Å². The number of hydrogen-bond donors (Lipinski definition) is 4. The zero-order chi connectivity index (χ0) is 19.1. The van der Waals surface area contributed by atoms with Crippen LogP contribution in [0.2, 0.25) is 0 Å². The van der Waals surface area contributed by atoms with E-state index in [1.165, 1.54) is 6.21 Å². The molecule has 9 heteroatoms. The lowest BCUT2D eigenvalue weighted by Gasteiger charge is -2.18. The van der Waals surface area contributed by atoms with Crippen LogP contribution in [0.1, 0.15) is 25.3 Å². The van der Waals surface area contributed by atoms with Gasteiger partial charge in [0.15, 0.2) is 0 Å². The van der Waals surface area contributed by atoms with Crippen molar-refractivity contribution in [1.29, 1.82) is 0 Å². The summed E-state index contributed by atoms with van der Waals surface area (Å²) in [6, 6.07) is 5.99. The van der Waals surface area contributed by atoms with Crippen LogP contribution in [0, 0.1) is 5.92 Å².